The zero-order valence-corrected chi connectivity index (χ0v) is 13.1. The number of piperidine rings is 1. The zero-order valence-electron chi connectivity index (χ0n) is 12.3. The van der Waals surface area contributed by atoms with E-state index in [1.165, 1.54) is 11.3 Å². The monoisotopic (exact) mass is 304 g/mol. The fraction of sp³-hybridized carbons (Fsp3) is 0.533. The van der Waals surface area contributed by atoms with Gasteiger partial charge in [-0.05, 0) is 32.3 Å². The van der Waals surface area contributed by atoms with Crippen LogP contribution in [-0.2, 0) is 4.79 Å². The van der Waals surface area contributed by atoms with Crippen LogP contribution in [0.4, 0.5) is 5.82 Å². The Hall–Kier alpha value is -1.69. The van der Waals surface area contributed by atoms with Gasteiger partial charge in [0.2, 0.25) is 5.91 Å². The Kier molecular flexibility index (Phi) is 4.34. The van der Waals surface area contributed by atoms with E-state index < -0.39 is 0 Å². The largest absolute Gasteiger partial charge is 0.369 e. The fourth-order valence-electron chi connectivity index (χ4n) is 2.71. The van der Waals surface area contributed by atoms with Gasteiger partial charge >= 0.3 is 0 Å². The van der Waals surface area contributed by atoms with Gasteiger partial charge in [-0.15, -0.1) is 11.3 Å². The molecule has 21 heavy (non-hydrogen) atoms. The standard InChI is InChI=1S/C15H20N4OS/c1-11-9-12-14(17-10-18-15(12)21-11)16-6-5-13(20)19-7-3-2-4-8-19/h9-10H,2-8H2,1H3,(H,16,17,18). The van der Waals surface area contributed by atoms with E-state index in [-0.39, 0.29) is 5.91 Å². The number of nitrogens with one attached hydrogen (secondary N) is 1. The Morgan fingerprint density at radius 1 is 1.33 bits per heavy atom. The molecule has 1 amide bonds. The summed E-state index contributed by atoms with van der Waals surface area (Å²) in [6.45, 7) is 4.52. The van der Waals surface area contributed by atoms with Gasteiger partial charge in [0, 0.05) is 30.9 Å². The predicted molar refractivity (Wildman–Crippen MR) is 85.7 cm³/mol. The summed E-state index contributed by atoms with van der Waals surface area (Å²) >= 11 is 1.66. The third-order valence-electron chi connectivity index (χ3n) is 3.79. The Morgan fingerprint density at radius 2 is 2.14 bits per heavy atom. The number of thiophene rings is 1. The maximum atomic E-state index is 12.1. The second kappa shape index (κ2) is 6.39. The molecule has 3 rings (SSSR count). The minimum atomic E-state index is 0.244. The number of hydrogen-bond acceptors (Lipinski definition) is 5. The molecule has 1 aliphatic rings. The van der Waals surface area contributed by atoms with Crippen LogP contribution < -0.4 is 5.32 Å². The summed E-state index contributed by atoms with van der Waals surface area (Å²) in [5.74, 6) is 1.07. The van der Waals surface area contributed by atoms with Crippen LogP contribution in [0.25, 0.3) is 10.2 Å². The molecule has 0 aromatic carbocycles. The first kappa shape index (κ1) is 14.3. The van der Waals surface area contributed by atoms with E-state index in [9.17, 15) is 4.79 Å². The first-order valence-electron chi connectivity index (χ1n) is 7.47. The molecule has 0 saturated carbocycles. The first-order chi connectivity index (χ1) is 10.2. The number of fused-ring (bicyclic) bond motifs is 1. The minimum absolute atomic E-state index is 0.244. The normalized spacial score (nSPS) is 15.4. The van der Waals surface area contributed by atoms with Gasteiger partial charge in [-0.25, -0.2) is 9.97 Å². The Labute approximate surface area is 128 Å². The molecule has 0 atom stereocenters. The molecule has 1 aliphatic heterocycles. The topological polar surface area (TPSA) is 58.1 Å². The molecule has 1 saturated heterocycles. The maximum absolute atomic E-state index is 12.1. The fourth-order valence-corrected chi connectivity index (χ4v) is 3.55. The molecule has 0 radical (unpaired) electrons. The molecule has 0 unspecified atom stereocenters. The van der Waals surface area contributed by atoms with Crippen molar-refractivity contribution in [2.24, 2.45) is 0 Å². The van der Waals surface area contributed by atoms with Crippen molar-refractivity contribution in [1.29, 1.82) is 0 Å². The first-order valence-corrected chi connectivity index (χ1v) is 8.28. The number of rotatable bonds is 4. The van der Waals surface area contributed by atoms with E-state index in [0.717, 1.165) is 42.0 Å². The molecule has 3 heterocycles. The molecule has 0 aliphatic carbocycles. The summed E-state index contributed by atoms with van der Waals surface area (Å²) in [6, 6.07) is 2.09. The van der Waals surface area contributed by atoms with Gasteiger partial charge < -0.3 is 10.2 Å². The van der Waals surface area contributed by atoms with Crippen LogP contribution in [0.2, 0.25) is 0 Å². The number of amides is 1. The Bertz CT molecular complexity index is 634. The zero-order chi connectivity index (χ0) is 14.7. The third kappa shape index (κ3) is 3.32. The molecule has 112 valence electrons. The molecule has 0 spiro atoms. The van der Waals surface area contributed by atoms with Crippen molar-refractivity contribution in [2.45, 2.75) is 32.6 Å². The molecule has 2 aromatic heterocycles. The summed E-state index contributed by atoms with van der Waals surface area (Å²) < 4.78 is 0. The van der Waals surface area contributed by atoms with Crippen LogP contribution in [0.3, 0.4) is 0 Å². The van der Waals surface area contributed by atoms with Crippen molar-refractivity contribution in [2.75, 3.05) is 25.0 Å². The summed E-state index contributed by atoms with van der Waals surface area (Å²) in [6.07, 6.45) is 5.62. The van der Waals surface area contributed by atoms with Gasteiger partial charge in [-0.3, -0.25) is 4.79 Å². The molecule has 0 bridgehead atoms. The molecular formula is C15H20N4OS. The second-order valence-corrected chi connectivity index (χ2v) is 6.65. The molecular weight excluding hydrogens is 284 g/mol. The summed E-state index contributed by atoms with van der Waals surface area (Å²) in [5.41, 5.74) is 0. The van der Waals surface area contributed by atoms with Gasteiger partial charge in [-0.1, -0.05) is 0 Å². The van der Waals surface area contributed by atoms with E-state index in [4.69, 9.17) is 0 Å². The average molecular weight is 304 g/mol. The van der Waals surface area contributed by atoms with E-state index in [2.05, 4.69) is 28.3 Å². The van der Waals surface area contributed by atoms with Gasteiger partial charge in [0.25, 0.3) is 0 Å². The van der Waals surface area contributed by atoms with Crippen molar-refractivity contribution in [3.8, 4) is 0 Å². The predicted octanol–water partition coefficient (Wildman–Crippen LogP) is 2.81. The van der Waals surface area contributed by atoms with Crippen molar-refractivity contribution in [3.63, 3.8) is 0 Å². The highest BCUT2D eigenvalue weighted by Crippen LogP contribution is 2.27. The highest BCUT2D eigenvalue weighted by Gasteiger charge is 2.16. The summed E-state index contributed by atoms with van der Waals surface area (Å²) in [5, 5.41) is 4.33. The number of likely N-dealkylation sites (tertiary alicyclic amines) is 1. The van der Waals surface area contributed by atoms with Crippen LogP contribution in [0.15, 0.2) is 12.4 Å². The van der Waals surface area contributed by atoms with Crippen LogP contribution in [-0.4, -0.2) is 40.4 Å². The lowest BCUT2D eigenvalue weighted by Gasteiger charge is -2.26. The molecule has 5 nitrogen and oxygen atoms in total. The van der Waals surface area contributed by atoms with Crippen LogP contribution >= 0.6 is 11.3 Å². The minimum Gasteiger partial charge on any atom is -0.369 e. The number of anilines is 1. The Morgan fingerprint density at radius 3 is 2.95 bits per heavy atom. The van der Waals surface area contributed by atoms with Gasteiger partial charge in [0.05, 0.1) is 5.39 Å². The third-order valence-corrected chi connectivity index (χ3v) is 4.75. The molecule has 1 N–H and O–H groups in total. The van der Waals surface area contributed by atoms with Crippen LogP contribution in [0.1, 0.15) is 30.6 Å². The van der Waals surface area contributed by atoms with Crippen LogP contribution in [0.5, 0.6) is 0 Å². The van der Waals surface area contributed by atoms with Crippen molar-refractivity contribution >= 4 is 33.3 Å². The lowest BCUT2D eigenvalue weighted by Crippen LogP contribution is -2.36. The van der Waals surface area contributed by atoms with Crippen LogP contribution in [0, 0.1) is 6.92 Å². The number of carbonyl (C=O) groups excluding carboxylic acids is 1. The van der Waals surface area contributed by atoms with E-state index in [1.54, 1.807) is 17.7 Å². The maximum Gasteiger partial charge on any atom is 0.224 e. The van der Waals surface area contributed by atoms with Gasteiger partial charge in [0.1, 0.15) is 17.0 Å². The highest BCUT2D eigenvalue weighted by atomic mass is 32.1. The number of carbonyl (C=O) groups is 1. The van der Waals surface area contributed by atoms with Gasteiger partial charge in [-0.2, -0.15) is 0 Å². The van der Waals surface area contributed by atoms with Gasteiger partial charge in [0.15, 0.2) is 0 Å². The lowest BCUT2D eigenvalue weighted by atomic mass is 10.1. The number of nitrogens with zero attached hydrogens (tertiary/aromatic N) is 3. The SMILES string of the molecule is Cc1cc2c(NCCC(=O)N3CCCCC3)ncnc2s1. The van der Waals surface area contributed by atoms with E-state index in [1.807, 2.05) is 4.90 Å². The summed E-state index contributed by atoms with van der Waals surface area (Å²) in [7, 11) is 0. The molecule has 2 aromatic rings. The summed E-state index contributed by atoms with van der Waals surface area (Å²) in [4.78, 5) is 24.9. The van der Waals surface area contributed by atoms with Crippen molar-refractivity contribution in [1.82, 2.24) is 14.9 Å². The van der Waals surface area contributed by atoms with E-state index >= 15 is 0 Å². The van der Waals surface area contributed by atoms with Crippen molar-refractivity contribution < 1.29 is 4.79 Å². The number of aromatic nitrogens is 2. The second-order valence-electron chi connectivity index (χ2n) is 5.42. The lowest BCUT2D eigenvalue weighted by molar-refractivity contribution is -0.131. The number of aryl methyl sites for hydroxylation is 1. The smallest absolute Gasteiger partial charge is 0.224 e. The van der Waals surface area contributed by atoms with E-state index in [0.29, 0.717) is 13.0 Å². The number of hydrogen-bond donors (Lipinski definition) is 1. The Balaban J connectivity index is 1.58. The highest BCUT2D eigenvalue weighted by molar-refractivity contribution is 7.18. The quantitative estimate of drug-likeness (QED) is 0.943. The molecule has 1 fully saturated rings. The average Bonchev–Trinajstić information content (AvgIpc) is 2.89. The molecule has 6 heteroatoms. The van der Waals surface area contributed by atoms with Crippen molar-refractivity contribution in [3.05, 3.63) is 17.3 Å².